The van der Waals surface area contributed by atoms with Crippen LogP contribution in [0.4, 0.5) is 9.59 Å². The van der Waals surface area contributed by atoms with E-state index in [1.807, 2.05) is 27.7 Å². The minimum atomic E-state index is -0.840. The topological polar surface area (TPSA) is 135 Å². The molecule has 2 heterocycles. The molecule has 0 aromatic rings. The molecule has 39 heavy (non-hydrogen) atoms. The Hall–Kier alpha value is -2.60. The number of likely N-dealkylation sites (tertiary alicyclic amines) is 2. The molecule has 2 aliphatic rings. The van der Waals surface area contributed by atoms with Crippen molar-refractivity contribution in [3.63, 3.8) is 0 Å². The van der Waals surface area contributed by atoms with Crippen LogP contribution in [0.5, 0.6) is 0 Å². The van der Waals surface area contributed by atoms with Crippen molar-refractivity contribution in [2.75, 3.05) is 54.1 Å². The molecular weight excluding hydrogens is 510 g/mol. The largest absolute Gasteiger partial charge is 0.481 e. The number of hydroxylamine groups is 2. The lowest BCUT2D eigenvalue weighted by atomic mass is 9.97. The molecule has 0 bridgehead atoms. The van der Waals surface area contributed by atoms with Gasteiger partial charge in [-0.15, -0.1) is 0 Å². The van der Waals surface area contributed by atoms with Crippen LogP contribution in [0.1, 0.15) is 74.1 Å². The summed E-state index contributed by atoms with van der Waals surface area (Å²) in [5.74, 6) is -1.61. The number of carbonyl (C=O) groups is 4. The van der Waals surface area contributed by atoms with Gasteiger partial charge in [0.1, 0.15) is 11.2 Å². The zero-order valence-electron chi connectivity index (χ0n) is 25.6. The summed E-state index contributed by atoms with van der Waals surface area (Å²) in [4.78, 5) is 54.5. The zero-order chi connectivity index (χ0) is 30.4. The molecule has 0 radical (unpaired) electrons. The molecular formula is C27H51N3O9. The molecule has 3 amide bonds. The quantitative estimate of drug-likeness (QED) is 0.505. The number of aliphatic carboxylic acids is 1. The van der Waals surface area contributed by atoms with Gasteiger partial charge in [0.25, 0.3) is 5.91 Å². The first kappa shape index (κ1) is 36.4. The summed E-state index contributed by atoms with van der Waals surface area (Å²) in [6.07, 6.45) is 2.15. The number of hydrogen-bond acceptors (Lipinski definition) is 8. The molecule has 0 aromatic carbocycles. The third-order valence-corrected chi connectivity index (χ3v) is 5.72. The van der Waals surface area contributed by atoms with E-state index < -0.39 is 29.2 Å². The van der Waals surface area contributed by atoms with E-state index in [2.05, 4.69) is 4.74 Å². The molecule has 1 N–H and O–H groups in total. The maximum absolute atomic E-state index is 12.0. The fraction of sp³-hybridized carbons (Fsp3) is 0.852. The standard InChI is InChI=1S/C13H24N2O4.C11H19NO4.C3H8O/c1-13(2,3)19-12(17)15-8-6-7-10(9-15)11(16)14(4)18-5;1-11(2,3)16-10(15)12-6-4-5-8(7-12)9(13)14;1-3-4-2/h10H,6-9H2,1-5H3;8H,4-7H2,1-3H3,(H,13,14);3H2,1-2H3. The Kier molecular flexibility index (Phi) is 16.0. The number of methoxy groups -OCH3 is 1. The Labute approximate surface area is 233 Å². The van der Waals surface area contributed by atoms with Crippen molar-refractivity contribution in [2.45, 2.75) is 85.4 Å². The molecule has 2 atom stereocenters. The lowest BCUT2D eigenvalue weighted by Gasteiger charge is -2.34. The molecule has 2 unspecified atom stereocenters. The summed E-state index contributed by atoms with van der Waals surface area (Å²) in [6.45, 7) is 15.5. The Morgan fingerprint density at radius 2 is 1.21 bits per heavy atom. The van der Waals surface area contributed by atoms with E-state index >= 15 is 0 Å². The second kappa shape index (κ2) is 17.2. The molecule has 2 aliphatic heterocycles. The number of nitrogens with zero attached hydrogens (tertiary/aromatic N) is 3. The Bertz CT molecular complexity index is 775. The van der Waals surface area contributed by atoms with Gasteiger partial charge in [-0.25, -0.2) is 14.7 Å². The maximum Gasteiger partial charge on any atom is 0.410 e. The average molecular weight is 562 g/mol. The van der Waals surface area contributed by atoms with Gasteiger partial charge in [0.15, 0.2) is 0 Å². The number of rotatable bonds is 4. The van der Waals surface area contributed by atoms with Crippen LogP contribution in [0.3, 0.4) is 0 Å². The molecule has 0 aliphatic carbocycles. The highest BCUT2D eigenvalue weighted by Crippen LogP contribution is 2.21. The van der Waals surface area contributed by atoms with E-state index in [0.29, 0.717) is 26.1 Å². The fourth-order valence-electron chi connectivity index (χ4n) is 3.69. The molecule has 228 valence electrons. The molecule has 0 spiro atoms. The SMILES string of the molecule is CC(C)(C)OC(=O)N1CCCC(C(=O)O)C1.CCOC.CON(C)C(=O)C1CCCN(C(=O)OC(C)(C)C)C1. The maximum atomic E-state index is 12.0. The summed E-state index contributed by atoms with van der Waals surface area (Å²) in [7, 11) is 4.71. The number of ether oxygens (including phenoxy) is 3. The second-order valence-corrected chi connectivity index (χ2v) is 11.5. The average Bonchev–Trinajstić information content (AvgIpc) is 2.86. The van der Waals surface area contributed by atoms with E-state index in [1.54, 1.807) is 39.8 Å². The predicted molar refractivity (Wildman–Crippen MR) is 146 cm³/mol. The minimum absolute atomic E-state index is 0.101. The van der Waals surface area contributed by atoms with Gasteiger partial charge in [0, 0.05) is 46.9 Å². The van der Waals surface area contributed by atoms with Crippen LogP contribution >= 0.6 is 0 Å². The third kappa shape index (κ3) is 15.5. The smallest absolute Gasteiger partial charge is 0.410 e. The predicted octanol–water partition coefficient (Wildman–Crippen LogP) is 4.02. The van der Waals surface area contributed by atoms with Crippen molar-refractivity contribution in [2.24, 2.45) is 11.8 Å². The van der Waals surface area contributed by atoms with Gasteiger partial charge in [-0.1, -0.05) is 0 Å². The Morgan fingerprint density at radius 3 is 1.54 bits per heavy atom. The number of carboxylic acid groups (broad SMARTS) is 1. The van der Waals surface area contributed by atoms with Gasteiger partial charge in [0.2, 0.25) is 0 Å². The van der Waals surface area contributed by atoms with Gasteiger partial charge in [-0.3, -0.25) is 14.4 Å². The van der Waals surface area contributed by atoms with Crippen LogP contribution in [-0.4, -0.2) is 109 Å². The Morgan fingerprint density at radius 1 is 0.821 bits per heavy atom. The molecule has 2 saturated heterocycles. The van der Waals surface area contributed by atoms with Gasteiger partial charge >= 0.3 is 18.2 Å². The highest BCUT2D eigenvalue weighted by Gasteiger charge is 2.33. The number of hydrogen-bond donors (Lipinski definition) is 1. The number of piperidine rings is 2. The second-order valence-electron chi connectivity index (χ2n) is 11.5. The molecule has 12 nitrogen and oxygen atoms in total. The van der Waals surface area contributed by atoms with E-state index in [0.717, 1.165) is 25.9 Å². The third-order valence-electron chi connectivity index (χ3n) is 5.72. The number of carboxylic acids is 1. The molecule has 0 saturated carbocycles. The minimum Gasteiger partial charge on any atom is -0.481 e. The van der Waals surface area contributed by atoms with Crippen LogP contribution < -0.4 is 0 Å². The number of carbonyl (C=O) groups excluding carboxylic acids is 3. The van der Waals surface area contributed by atoms with Crippen LogP contribution in [-0.2, 0) is 28.6 Å². The molecule has 2 fully saturated rings. The Balaban J connectivity index is 0.000000658. The van der Waals surface area contributed by atoms with E-state index in [4.69, 9.17) is 19.4 Å². The van der Waals surface area contributed by atoms with Crippen molar-refractivity contribution >= 4 is 24.1 Å². The highest BCUT2D eigenvalue weighted by atomic mass is 16.7. The first-order valence-electron chi connectivity index (χ1n) is 13.4. The molecule has 0 aromatic heterocycles. The summed E-state index contributed by atoms with van der Waals surface area (Å²) in [5.41, 5.74) is -1.05. The van der Waals surface area contributed by atoms with Gasteiger partial charge < -0.3 is 29.1 Å². The van der Waals surface area contributed by atoms with Crippen LogP contribution in [0.15, 0.2) is 0 Å². The van der Waals surface area contributed by atoms with Crippen molar-refractivity contribution in [3.8, 4) is 0 Å². The summed E-state index contributed by atoms with van der Waals surface area (Å²) >= 11 is 0. The lowest BCUT2D eigenvalue weighted by Crippen LogP contribution is -2.47. The van der Waals surface area contributed by atoms with E-state index in [1.165, 1.54) is 17.1 Å². The number of amides is 3. The van der Waals surface area contributed by atoms with E-state index in [9.17, 15) is 19.2 Å². The van der Waals surface area contributed by atoms with Crippen molar-refractivity contribution in [1.82, 2.24) is 14.9 Å². The molecule has 12 heteroatoms. The van der Waals surface area contributed by atoms with Crippen molar-refractivity contribution < 1.29 is 43.3 Å². The van der Waals surface area contributed by atoms with Crippen LogP contribution in [0.25, 0.3) is 0 Å². The van der Waals surface area contributed by atoms with Gasteiger partial charge in [0.05, 0.1) is 18.9 Å². The lowest BCUT2D eigenvalue weighted by molar-refractivity contribution is -0.174. The monoisotopic (exact) mass is 561 g/mol. The van der Waals surface area contributed by atoms with Crippen molar-refractivity contribution in [1.29, 1.82) is 0 Å². The fourth-order valence-corrected chi connectivity index (χ4v) is 3.69. The summed E-state index contributed by atoms with van der Waals surface area (Å²) in [5, 5.41) is 10.1. The molecule has 2 rings (SSSR count). The first-order chi connectivity index (χ1) is 17.9. The van der Waals surface area contributed by atoms with Crippen molar-refractivity contribution in [3.05, 3.63) is 0 Å². The first-order valence-corrected chi connectivity index (χ1v) is 13.4. The van der Waals surface area contributed by atoms with Gasteiger partial charge in [-0.2, -0.15) is 0 Å². The van der Waals surface area contributed by atoms with Crippen LogP contribution in [0.2, 0.25) is 0 Å². The summed E-state index contributed by atoms with van der Waals surface area (Å²) < 4.78 is 15.1. The normalized spacial score (nSPS) is 19.4. The van der Waals surface area contributed by atoms with E-state index in [-0.39, 0.29) is 24.5 Å². The zero-order valence-corrected chi connectivity index (χ0v) is 25.6. The van der Waals surface area contributed by atoms with Crippen LogP contribution in [0, 0.1) is 11.8 Å². The van der Waals surface area contributed by atoms with Gasteiger partial charge in [-0.05, 0) is 74.1 Å². The highest BCUT2D eigenvalue weighted by molar-refractivity contribution is 5.79. The summed E-state index contributed by atoms with van der Waals surface area (Å²) in [6, 6.07) is 0.